The molecular weight excluding hydrogens is 575 g/mol. The van der Waals surface area contributed by atoms with Crippen molar-refractivity contribution in [1.82, 2.24) is 20.3 Å². The van der Waals surface area contributed by atoms with Crippen molar-refractivity contribution in [1.29, 1.82) is 0 Å². The average Bonchev–Trinajstić information content (AvgIpc) is 3.04. The van der Waals surface area contributed by atoms with Crippen molar-refractivity contribution in [3.05, 3.63) is 90.0 Å². The van der Waals surface area contributed by atoms with Crippen LogP contribution in [0.3, 0.4) is 0 Å². The largest absolute Gasteiger partial charge is 0.508 e. The van der Waals surface area contributed by atoms with Crippen LogP contribution in [0.1, 0.15) is 17.5 Å². The van der Waals surface area contributed by atoms with Gasteiger partial charge < -0.3 is 31.1 Å². The van der Waals surface area contributed by atoms with Gasteiger partial charge in [0.25, 0.3) is 0 Å². The SMILES string of the molecule is O=C(O)C(F)(F)F.Oc1ccc(CCCNc2nc(NCc3ccccc3-c3ccccc3)nc(N3CCNCC3)n2)cc1. The molecule has 0 aliphatic carbocycles. The number of carboxylic acids is 1. The molecule has 1 aliphatic heterocycles. The topological polar surface area (TPSA) is 136 Å². The highest BCUT2D eigenvalue weighted by Crippen LogP contribution is 2.24. The van der Waals surface area contributed by atoms with Crippen LogP contribution in [-0.2, 0) is 17.8 Å². The zero-order valence-corrected chi connectivity index (χ0v) is 23.9. The minimum absolute atomic E-state index is 0.291. The van der Waals surface area contributed by atoms with Gasteiger partial charge in [-0.25, -0.2) is 4.79 Å². The number of aromatic nitrogens is 3. The molecule has 0 atom stereocenters. The number of carbonyl (C=O) groups is 1. The Hall–Kier alpha value is -4.91. The Kier molecular flexibility index (Phi) is 11.3. The molecule has 1 aliphatic rings. The van der Waals surface area contributed by atoms with Crippen molar-refractivity contribution >= 4 is 23.8 Å². The highest BCUT2D eigenvalue weighted by molar-refractivity contribution is 5.73. The third kappa shape index (κ3) is 9.83. The molecule has 44 heavy (non-hydrogen) atoms. The zero-order chi connectivity index (χ0) is 31.4. The van der Waals surface area contributed by atoms with Gasteiger partial charge in [-0.3, -0.25) is 0 Å². The molecule has 0 radical (unpaired) electrons. The second kappa shape index (κ2) is 15.5. The molecule has 10 nitrogen and oxygen atoms in total. The number of aliphatic carboxylic acids is 1. The summed E-state index contributed by atoms with van der Waals surface area (Å²) in [6, 6.07) is 26.2. The Balaban J connectivity index is 0.000000566. The van der Waals surface area contributed by atoms with Crippen LogP contribution in [-0.4, -0.2) is 70.0 Å². The first-order valence-corrected chi connectivity index (χ1v) is 14.1. The lowest BCUT2D eigenvalue weighted by molar-refractivity contribution is -0.192. The predicted molar refractivity (Wildman–Crippen MR) is 163 cm³/mol. The molecule has 1 fully saturated rings. The van der Waals surface area contributed by atoms with E-state index in [-0.39, 0.29) is 0 Å². The Morgan fingerprint density at radius 3 is 2.14 bits per heavy atom. The van der Waals surface area contributed by atoms with E-state index in [1.54, 1.807) is 12.1 Å². The number of halogens is 3. The number of nitrogens with one attached hydrogen (secondary N) is 3. The Morgan fingerprint density at radius 2 is 1.48 bits per heavy atom. The molecule has 0 amide bonds. The van der Waals surface area contributed by atoms with E-state index in [4.69, 9.17) is 19.9 Å². The minimum atomic E-state index is -5.08. The molecule has 0 saturated carbocycles. The van der Waals surface area contributed by atoms with E-state index in [0.717, 1.165) is 45.6 Å². The van der Waals surface area contributed by atoms with Crippen molar-refractivity contribution in [3.63, 3.8) is 0 Å². The third-order valence-corrected chi connectivity index (χ3v) is 6.67. The fourth-order valence-electron chi connectivity index (χ4n) is 4.43. The van der Waals surface area contributed by atoms with Gasteiger partial charge in [0.05, 0.1) is 0 Å². The summed E-state index contributed by atoms with van der Waals surface area (Å²) in [7, 11) is 0. The fraction of sp³-hybridized carbons (Fsp3) is 0.290. The maximum absolute atomic E-state index is 10.6. The van der Waals surface area contributed by atoms with E-state index in [1.165, 1.54) is 22.3 Å². The van der Waals surface area contributed by atoms with Gasteiger partial charge in [-0.1, -0.05) is 66.7 Å². The molecule has 0 spiro atoms. The maximum atomic E-state index is 10.6. The van der Waals surface area contributed by atoms with E-state index in [9.17, 15) is 18.3 Å². The van der Waals surface area contributed by atoms with E-state index >= 15 is 0 Å². The van der Waals surface area contributed by atoms with Crippen LogP contribution < -0.4 is 20.9 Å². The first kappa shape index (κ1) is 32.0. The number of phenolic OH excluding ortho intramolecular Hbond substituents is 1. The second-order valence-electron chi connectivity index (χ2n) is 9.90. The number of aryl methyl sites for hydroxylation is 1. The van der Waals surface area contributed by atoms with E-state index < -0.39 is 12.1 Å². The van der Waals surface area contributed by atoms with Crippen LogP contribution in [0.5, 0.6) is 5.75 Å². The monoisotopic (exact) mass is 609 g/mol. The first-order valence-electron chi connectivity index (χ1n) is 14.1. The number of anilines is 3. The molecule has 5 rings (SSSR count). The standard InChI is InChI=1S/C29H33N7O.C2HF3O2/c37-25-14-12-22(13-15-25)7-6-16-31-27-33-28(35-29(34-27)36-19-17-30-18-20-36)32-21-24-10-4-5-11-26(24)23-8-2-1-3-9-23;3-2(4,5)1(6)7/h1-5,8-15,30,37H,6-7,16-21H2,(H2,31,32,33,34,35);(H,6,7). The Bertz CT molecular complexity index is 1480. The van der Waals surface area contributed by atoms with Crippen molar-refractivity contribution in [3.8, 4) is 16.9 Å². The third-order valence-electron chi connectivity index (χ3n) is 6.67. The predicted octanol–water partition coefficient (Wildman–Crippen LogP) is 4.94. The van der Waals surface area contributed by atoms with Crippen LogP contribution >= 0.6 is 0 Å². The summed E-state index contributed by atoms with van der Waals surface area (Å²) in [5.74, 6) is -0.636. The van der Waals surface area contributed by atoms with Gasteiger partial charge in [-0.2, -0.15) is 28.1 Å². The van der Waals surface area contributed by atoms with Crippen LogP contribution in [0.4, 0.5) is 31.0 Å². The van der Waals surface area contributed by atoms with Crippen LogP contribution in [0.25, 0.3) is 11.1 Å². The van der Waals surface area contributed by atoms with E-state index in [1.807, 2.05) is 18.2 Å². The first-order chi connectivity index (χ1) is 21.2. The molecule has 2 heterocycles. The second-order valence-corrected chi connectivity index (χ2v) is 9.90. The summed E-state index contributed by atoms with van der Waals surface area (Å²) in [6.45, 7) is 4.89. The normalized spacial score (nSPS) is 13.0. The maximum Gasteiger partial charge on any atom is 0.490 e. The van der Waals surface area contributed by atoms with Gasteiger partial charge >= 0.3 is 12.1 Å². The number of hydrogen-bond donors (Lipinski definition) is 5. The molecule has 1 aromatic heterocycles. The molecule has 232 valence electrons. The molecule has 3 aromatic carbocycles. The number of hydrogen-bond acceptors (Lipinski definition) is 9. The number of benzene rings is 3. The summed E-state index contributed by atoms with van der Waals surface area (Å²) >= 11 is 0. The van der Waals surface area contributed by atoms with Crippen molar-refractivity contribution in [2.75, 3.05) is 48.3 Å². The number of phenols is 1. The zero-order valence-electron chi connectivity index (χ0n) is 23.9. The van der Waals surface area contributed by atoms with Crippen molar-refractivity contribution < 1.29 is 28.2 Å². The molecule has 0 unspecified atom stereocenters. The summed E-state index contributed by atoms with van der Waals surface area (Å²) in [5.41, 5.74) is 4.75. The number of piperazine rings is 1. The van der Waals surface area contributed by atoms with Crippen molar-refractivity contribution in [2.45, 2.75) is 25.6 Å². The average molecular weight is 610 g/mol. The molecular formula is C31H34F3N7O3. The molecule has 1 saturated heterocycles. The smallest absolute Gasteiger partial charge is 0.490 e. The molecule has 0 bridgehead atoms. The van der Waals surface area contributed by atoms with E-state index in [0.29, 0.717) is 30.1 Å². The van der Waals surface area contributed by atoms with Gasteiger partial charge in [0.1, 0.15) is 5.75 Å². The highest BCUT2D eigenvalue weighted by atomic mass is 19.4. The van der Waals surface area contributed by atoms with Gasteiger partial charge in [-0.05, 0) is 47.2 Å². The lowest BCUT2D eigenvalue weighted by Crippen LogP contribution is -2.44. The molecule has 5 N–H and O–H groups in total. The van der Waals surface area contributed by atoms with Crippen molar-refractivity contribution in [2.24, 2.45) is 0 Å². The Morgan fingerprint density at radius 1 is 0.864 bits per heavy atom. The van der Waals surface area contributed by atoms with Crippen LogP contribution in [0.2, 0.25) is 0 Å². The van der Waals surface area contributed by atoms with E-state index in [2.05, 4.69) is 74.4 Å². The minimum Gasteiger partial charge on any atom is -0.508 e. The van der Waals surface area contributed by atoms with Crippen LogP contribution in [0.15, 0.2) is 78.9 Å². The highest BCUT2D eigenvalue weighted by Gasteiger charge is 2.38. The lowest BCUT2D eigenvalue weighted by atomic mass is 10.00. The number of aromatic hydroxyl groups is 1. The Labute approximate surface area is 253 Å². The lowest BCUT2D eigenvalue weighted by Gasteiger charge is -2.27. The quantitative estimate of drug-likeness (QED) is 0.157. The molecule has 13 heteroatoms. The summed E-state index contributed by atoms with van der Waals surface area (Å²) in [4.78, 5) is 25.3. The van der Waals surface area contributed by atoms with Gasteiger partial charge in [0.2, 0.25) is 17.8 Å². The number of rotatable bonds is 10. The number of alkyl halides is 3. The summed E-state index contributed by atoms with van der Waals surface area (Å²) in [5, 5.41) is 26.8. The fourth-order valence-corrected chi connectivity index (χ4v) is 4.43. The van der Waals surface area contributed by atoms with Gasteiger partial charge in [0.15, 0.2) is 0 Å². The molecule has 4 aromatic rings. The summed E-state index contributed by atoms with van der Waals surface area (Å²) in [6.07, 6.45) is -3.25. The number of carboxylic acid groups (broad SMARTS) is 1. The summed E-state index contributed by atoms with van der Waals surface area (Å²) < 4.78 is 31.7. The van der Waals surface area contributed by atoms with Gasteiger partial charge in [-0.15, -0.1) is 0 Å². The van der Waals surface area contributed by atoms with Gasteiger partial charge in [0, 0.05) is 39.3 Å². The number of nitrogens with zero attached hydrogens (tertiary/aromatic N) is 4. The van der Waals surface area contributed by atoms with Crippen LogP contribution in [0, 0.1) is 0 Å².